The smallest absolute Gasteiger partial charge is 0.416 e. The van der Waals surface area contributed by atoms with Crippen molar-refractivity contribution < 1.29 is 41.4 Å². The Morgan fingerprint density at radius 1 is 1.06 bits per heavy atom. The van der Waals surface area contributed by atoms with Gasteiger partial charge in [-0.2, -0.15) is 23.0 Å². The van der Waals surface area contributed by atoms with Gasteiger partial charge in [0.1, 0.15) is 11.6 Å². The Morgan fingerprint density at radius 3 is 2.36 bits per heavy atom. The normalized spacial score (nSPS) is 11.1. The average Bonchev–Trinajstić information content (AvgIpc) is 2.83. The number of halogens is 4. The minimum absolute atomic E-state index is 0.0351. The molecule has 3 aromatic rings. The maximum Gasteiger partial charge on any atom is 0.416 e. The molecule has 3 rings (SSSR count). The summed E-state index contributed by atoms with van der Waals surface area (Å²) in [4.78, 5) is 37.4. The van der Waals surface area contributed by atoms with Gasteiger partial charge in [-0.1, -0.05) is 0 Å². The third-order valence-electron chi connectivity index (χ3n) is 4.60. The Labute approximate surface area is 201 Å². The average molecular weight is 509 g/mol. The van der Waals surface area contributed by atoms with Gasteiger partial charge in [-0.15, -0.1) is 0 Å². The van der Waals surface area contributed by atoms with E-state index in [0.717, 1.165) is 35.0 Å². The molecular formula is C23H19F4N3O6. The van der Waals surface area contributed by atoms with Crippen LogP contribution in [0.3, 0.4) is 0 Å². The van der Waals surface area contributed by atoms with E-state index in [2.05, 4.69) is 10.4 Å². The minimum atomic E-state index is -4.66. The lowest BCUT2D eigenvalue weighted by Gasteiger charge is -2.15. The predicted octanol–water partition coefficient (Wildman–Crippen LogP) is 3.59. The van der Waals surface area contributed by atoms with Crippen LogP contribution in [0.1, 0.15) is 23.0 Å². The number of nitrogens with zero attached hydrogens (tertiary/aromatic N) is 2. The van der Waals surface area contributed by atoms with Gasteiger partial charge in [0.25, 0.3) is 11.5 Å². The summed E-state index contributed by atoms with van der Waals surface area (Å²) in [6.45, 7) is 0.698. The molecule has 13 heteroatoms. The van der Waals surface area contributed by atoms with Crippen LogP contribution in [0.2, 0.25) is 0 Å². The number of carbonyl (C=O) groups is 2. The minimum Gasteiger partial charge on any atom is -0.495 e. The first-order chi connectivity index (χ1) is 17.0. The van der Waals surface area contributed by atoms with Crippen molar-refractivity contribution >= 4 is 17.6 Å². The van der Waals surface area contributed by atoms with Gasteiger partial charge in [-0.25, -0.2) is 9.18 Å². The number of nitrogens with one attached hydrogen (secondary N) is 1. The van der Waals surface area contributed by atoms with Crippen LogP contribution in [0.5, 0.6) is 11.5 Å². The molecule has 0 spiro atoms. The van der Waals surface area contributed by atoms with E-state index >= 15 is 0 Å². The van der Waals surface area contributed by atoms with E-state index in [1.54, 1.807) is 0 Å². The van der Waals surface area contributed by atoms with Crippen molar-refractivity contribution in [1.82, 2.24) is 9.78 Å². The Bertz CT molecular complexity index is 1320. The van der Waals surface area contributed by atoms with Gasteiger partial charge in [-0.3, -0.25) is 9.59 Å². The number of ether oxygens (including phenoxy) is 3. The fraction of sp³-hybridized carbons (Fsp3) is 0.217. The van der Waals surface area contributed by atoms with Crippen LogP contribution in [0, 0.1) is 5.82 Å². The summed E-state index contributed by atoms with van der Waals surface area (Å²) in [6.07, 6.45) is -4.66. The zero-order valence-corrected chi connectivity index (χ0v) is 18.9. The highest BCUT2D eigenvalue weighted by Gasteiger charge is 2.31. The quantitative estimate of drug-likeness (QED) is 0.365. The van der Waals surface area contributed by atoms with E-state index in [1.165, 1.54) is 26.2 Å². The number of anilines is 1. The number of alkyl halides is 3. The van der Waals surface area contributed by atoms with Crippen LogP contribution in [0.25, 0.3) is 5.69 Å². The number of carbonyl (C=O) groups excluding carboxylic acids is 2. The molecule has 1 N–H and O–H groups in total. The highest BCUT2D eigenvalue weighted by atomic mass is 19.4. The molecular weight excluding hydrogens is 490 g/mol. The van der Waals surface area contributed by atoms with E-state index < -0.39 is 53.0 Å². The second-order valence-electron chi connectivity index (χ2n) is 7.05. The predicted molar refractivity (Wildman–Crippen MR) is 118 cm³/mol. The second-order valence-corrected chi connectivity index (χ2v) is 7.05. The van der Waals surface area contributed by atoms with Crippen molar-refractivity contribution in [3.8, 4) is 17.2 Å². The summed E-state index contributed by atoms with van der Waals surface area (Å²) in [5.74, 6) is -2.87. The molecule has 1 amide bonds. The fourth-order valence-electron chi connectivity index (χ4n) is 2.97. The standard InChI is InChI=1S/C23H19F4N3O6/c1-3-35-22(33)21-18(11-20(32)30(29-21)15-7-5-14(24)6-8-15)36-12-19(31)28-16-10-13(23(25,26)27)4-9-17(16)34-2/h4-11H,3,12H2,1-2H3,(H,28,31). The summed E-state index contributed by atoms with van der Waals surface area (Å²) in [5.41, 5.74) is -2.36. The molecule has 0 saturated heterocycles. The molecule has 36 heavy (non-hydrogen) atoms. The van der Waals surface area contributed by atoms with Gasteiger partial charge in [0.05, 0.1) is 36.7 Å². The summed E-state index contributed by atoms with van der Waals surface area (Å²) in [7, 11) is 1.21. The third kappa shape index (κ3) is 6.17. The first kappa shape index (κ1) is 26.2. The van der Waals surface area contributed by atoms with Crippen LogP contribution in [-0.4, -0.2) is 42.0 Å². The molecule has 0 aliphatic heterocycles. The van der Waals surface area contributed by atoms with Crippen LogP contribution in [-0.2, 0) is 15.7 Å². The lowest BCUT2D eigenvalue weighted by atomic mass is 10.1. The third-order valence-corrected chi connectivity index (χ3v) is 4.60. The summed E-state index contributed by atoms with van der Waals surface area (Å²) >= 11 is 0. The number of aromatic nitrogens is 2. The topological polar surface area (TPSA) is 109 Å². The number of hydrogen-bond donors (Lipinski definition) is 1. The monoisotopic (exact) mass is 509 g/mol. The molecule has 0 aliphatic rings. The molecule has 190 valence electrons. The van der Waals surface area contributed by atoms with E-state index in [1.807, 2.05) is 0 Å². The fourth-order valence-corrected chi connectivity index (χ4v) is 2.97. The SMILES string of the molecule is CCOC(=O)c1nn(-c2ccc(F)cc2)c(=O)cc1OCC(=O)Nc1cc(C(F)(F)F)ccc1OC. The number of benzene rings is 2. The van der Waals surface area contributed by atoms with Gasteiger partial charge in [0, 0.05) is 0 Å². The van der Waals surface area contributed by atoms with Crippen LogP contribution >= 0.6 is 0 Å². The van der Waals surface area contributed by atoms with E-state index in [-0.39, 0.29) is 23.7 Å². The lowest BCUT2D eigenvalue weighted by molar-refractivity contribution is -0.137. The number of rotatable bonds is 8. The number of hydrogen-bond acceptors (Lipinski definition) is 7. The molecule has 0 unspecified atom stereocenters. The summed E-state index contributed by atoms with van der Waals surface area (Å²) < 4.78 is 68.3. The Kier molecular flexibility index (Phi) is 7.92. The van der Waals surface area contributed by atoms with E-state index in [4.69, 9.17) is 14.2 Å². The molecule has 2 aromatic carbocycles. The molecule has 1 heterocycles. The highest BCUT2D eigenvalue weighted by molar-refractivity contribution is 5.94. The second kappa shape index (κ2) is 10.9. The maximum absolute atomic E-state index is 13.2. The maximum atomic E-state index is 13.2. The summed E-state index contributed by atoms with van der Waals surface area (Å²) in [6, 6.07) is 8.08. The van der Waals surface area contributed by atoms with Crippen LogP contribution in [0.15, 0.2) is 53.3 Å². The molecule has 0 aliphatic carbocycles. The highest BCUT2D eigenvalue weighted by Crippen LogP contribution is 2.35. The molecule has 0 fully saturated rings. The van der Waals surface area contributed by atoms with Crippen molar-refractivity contribution in [2.75, 3.05) is 25.6 Å². The van der Waals surface area contributed by atoms with E-state index in [9.17, 15) is 31.9 Å². The van der Waals surface area contributed by atoms with Gasteiger partial charge in [0.15, 0.2) is 12.4 Å². The van der Waals surface area contributed by atoms with Gasteiger partial charge < -0.3 is 19.5 Å². The first-order valence-corrected chi connectivity index (χ1v) is 10.3. The zero-order chi connectivity index (χ0) is 26.5. The van der Waals surface area contributed by atoms with Crippen molar-refractivity contribution in [2.45, 2.75) is 13.1 Å². The number of esters is 1. The van der Waals surface area contributed by atoms with Gasteiger partial charge in [0.2, 0.25) is 5.69 Å². The molecule has 0 saturated carbocycles. The number of amides is 1. The lowest BCUT2D eigenvalue weighted by Crippen LogP contribution is -2.27. The molecule has 0 bridgehead atoms. The van der Waals surface area contributed by atoms with Gasteiger partial charge in [-0.05, 0) is 49.4 Å². The zero-order valence-electron chi connectivity index (χ0n) is 18.9. The number of methoxy groups -OCH3 is 1. The molecule has 0 atom stereocenters. The molecule has 9 nitrogen and oxygen atoms in total. The largest absolute Gasteiger partial charge is 0.495 e. The van der Waals surface area contributed by atoms with Crippen LogP contribution in [0.4, 0.5) is 23.2 Å². The molecule has 1 aromatic heterocycles. The van der Waals surface area contributed by atoms with Crippen molar-refractivity contribution in [3.05, 3.63) is 76.0 Å². The first-order valence-electron chi connectivity index (χ1n) is 10.3. The van der Waals surface area contributed by atoms with Crippen molar-refractivity contribution in [3.63, 3.8) is 0 Å². The summed E-state index contributed by atoms with van der Waals surface area (Å²) in [5, 5.41) is 6.15. The Hall–Kier alpha value is -4.42. The van der Waals surface area contributed by atoms with E-state index in [0.29, 0.717) is 6.07 Å². The Morgan fingerprint density at radius 2 is 1.75 bits per heavy atom. The Balaban J connectivity index is 1.86. The van der Waals surface area contributed by atoms with Crippen molar-refractivity contribution in [1.29, 1.82) is 0 Å². The molecule has 0 radical (unpaired) electrons. The van der Waals surface area contributed by atoms with Crippen LogP contribution < -0.4 is 20.3 Å². The van der Waals surface area contributed by atoms with Crippen molar-refractivity contribution in [2.24, 2.45) is 0 Å². The van der Waals surface area contributed by atoms with Gasteiger partial charge >= 0.3 is 12.1 Å².